The number of rotatable bonds is 6. The second-order valence-corrected chi connectivity index (χ2v) is 11.0. The molecule has 11 heteroatoms. The Morgan fingerprint density at radius 3 is 2.60 bits per heavy atom. The van der Waals surface area contributed by atoms with Crippen LogP contribution in [-0.4, -0.2) is 63.0 Å². The van der Waals surface area contributed by atoms with Gasteiger partial charge in [0.2, 0.25) is 0 Å². The van der Waals surface area contributed by atoms with Crippen molar-refractivity contribution in [3.05, 3.63) is 28.2 Å². The highest BCUT2D eigenvalue weighted by Gasteiger charge is 2.34. The van der Waals surface area contributed by atoms with Crippen molar-refractivity contribution in [3.8, 4) is 0 Å². The van der Waals surface area contributed by atoms with Crippen LogP contribution in [0.1, 0.15) is 54.4 Å². The molecule has 0 saturated carbocycles. The highest BCUT2D eigenvalue weighted by atomic mass is 79.9. The van der Waals surface area contributed by atoms with Crippen LogP contribution < -0.4 is 4.90 Å². The first-order valence-electron chi connectivity index (χ1n) is 11.8. The van der Waals surface area contributed by atoms with E-state index >= 15 is 0 Å². The highest BCUT2D eigenvalue weighted by Crippen LogP contribution is 2.37. The first-order chi connectivity index (χ1) is 16.6. The Balaban J connectivity index is 0.00000210. The zero-order chi connectivity index (χ0) is 26.3. The maximum absolute atomic E-state index is 15.0. The minimum absolute atomic E-state index is 0.0764. The van der Waals surface area contributed by atoms with Gasteiger partial charge in [0.1, 0.15) is 21.5 Å². The van der Waals surface area contributed by atoms with Crippen molar-refractivity contribution in [1.29, 1.82) is 0 Å². The molecule has 1 atom stereocenters. The normalized spacial score (nSPS) is 16.1. The van der Waals surface area contributed by atoms with Gasteiger partial charge in [-0.1, -0.05) is 50.2 Å². The summed E-state index contributed by atoms with van der Waals surface area (Å²) in [6, 6.07) is -0.0764. The Morgan fingerprint density at radius 2 is 2.00 bits per heavy atom. The van der Waals surface area contributed by atoms with Gasteiger partial charge in [0.25, 0.3) is 0 Å². The number of fused-ring (bicyclic) bond motifs is 1. The minimum Gasteiger partial charge on any atom is -0.444 e. The first-order valence-corrected chi connectivity index (χ1v) is 13.9. The number of carbonyl (C=O) groups is 1. The Hall–Kier alpha value is -1.65. The van der Waals surface area contributed by atoms with E-state index in [1.54, 1.807) is 4.90 Å². The first kappa shape index (κ1) is 29.6. The Labute approximate surface area is 225 Å². The second-order valence-electron chi connectivity index (χ2n) is 8.63. The van der Waals surface area contributed by atoms with Crippen molar-refractivity contribution >= 4 is 62.1 Å². The van der Waals surface area contributed by atoms with Gasteiger partial charge in [0.05, 0.1) is 5.39 Å². The van der Waals surface area contributed by atoms with Crippen molar-refractivity contribution in [1.82, 2.24) is 19.9 Å². The fourth-order valence-corrected chi connectivity index (χ4v) is 5.04. The molecule has 2 aromatic rings. The van der Waals surface area contributed by atoms with Crippen LogP contribution >= 0.6 is 39.3 Å². The van der Waals surface area contributed by atoms with Gasteiger partial charge in [-0.2, -0.15) is 0 Å². The van der Waals surface area contributed by atoms with E-state index in [9.17, 15) is 9.18 Å². The summed E-state index contributed by atoms with van der Waals surface area (Å²) < 4.78 is 20.9. The molecular weight excluding hydrogens is 557 g/mol. The number of hydrogen-bond acceptors (Lipinski definition) is 7. The van der Waals surface area contributed by atoms with Gasteiger partial charge >= 0.3 is 6.09 Å². The lowest BCUT2D eigenvalue weighted by Crippen LogP contribution is -2.56. The highest BCUT2D eigenvalue weighted by molar-refractivity contribution is 9.10. The van der Waals surface area contributed by atoms with Crippen LogP contribution in [0.5, 0.6) is 0 Å². The zero-order valence-corrected chi connectivity index (χ0v) is 24.4. The Morgan fingerprint density at radius 1 is 1.31 bits per heavy atom. The molecule has 0 radical (unpaired) electrons. The fourth-order valence-electron chi connectivity index (χ4n) is 3.65. The van der Waals surface area contributed by atoms with Gasteiger partial charge in [0.15, 0.2) is 16.1 Å². The lowest BCUT2D eigenvalue weighted by atomic mass is 10.1. The van der Waals surface area contributed by atoms with Crippen molar-refractivity contribution in [2.45, 2.75) is 71.2 Å². The Kier molecular flexibility index (Phi) is 11.0. The predicted molar refractivity (Wildman–Crippen MR) is 146 cm³/mol. The van der Waals surface area contributed by atoms with Gasteiger partial charge < -0.3 is 14.5 Å². The number of pyridine rings is 1. The van der Waals surface area contributed by atoms with Crippen molar-refractivity contribution in [3.63, 3.8) is 0 Å². The maximum Gasteiger partial charge on any atom is 0.410 e. The fraction of sp³-hybridized carbons (Fsp3) is 0.583. The van der Waals surface area contributed by atoms with Crippen LogP contribution in [0.3, 0.4) is 0 Å². The molecule has 1 amide bonds. The molecule has 1 fully saturated rings. The molecule has 0 bridgehead atoms. The van der Waals surface area contributed by atoms with E-state index in [0.717, 1.165) is 18.6 Å². The van der Waals surface area contributed by atoms with Crippen molar-refractivity contribution < 1.29 is 13.9 Å². The smallest absolute Gasteiger partial charge is 0.410 e. The van der Waals surface area contributed by atoms with E-state index in [1.165, 1.54) is 11.8 Å². The lowest BCUT2D eigenvalue weighted by molar-refractivity contribution is 0.0212. The summed E-state index contributed by atoms with van der Waals surface area (Å²) in [5, 5.41) is 0.682. The Bertz CT molecular complexity index is 1050. The second kappa shape index (κ2) is 13.1. The number of hydrogen-bond donors (Lipinski definition) is 0. The van der Waals surface area contributed by atoms with E-state index in [4.69, 9.17) is 21.3 Å². The quantitative estimate of drug-likeness (QED) is 0.154. The van der Waals surface area contributed by atoms with Gasteiger partial charge in [-0.25, -0.2) is 24.1 Å². The van der Waals surface area contributed by atoms with Gasteiger partial charge in [-0.05, 0) is 55.3 Å². The average molecular weight is 591 g/mol. The molecule has 1 aliphatic heterocycles. The third kappa shape index (κ3) is 7.43. The largest absolute Gasteiger partial charge is 0.444 e. The van der Waals surface area contributed by atoms with Crippen molar-refractivity contribution in [2.24, 2.45) is 0 Å². The third-order valence-electron chi connectivity index (χ3n) is 5.04. The molecule has 7 nitrogen and oxygen atoms in total. The molecule has 0 spiro atoms. The van der Waals surface area contributed by atoms with E-state index < -0.39 is 11.4 Å². The van der Waals surface area contributed by atoms with Crippen LogP contribution in [-0.2, 0) is 4.74 Å². The monoisotopic (exact) mass is 589 g/mol. The molecule has 1 aliphatic rings. The number of halogens is 3. The van der Waals surface area contributed by atoms with Gasteiger partial charge in [-0.3, -0.25) is 0 Å². The number of nitrogens with zero attached hydrogens (tertiary/aromatic N) is 5. The summed E-state index contributed by atoms with van der Waals surface area (Å²) in [6.07, 6.45) is 2.99. The summed E-state index contributed by atoms with van der Waals surface area (Å²) in [4.78, 5) is 29.8. The van der Waals surface area contributed by atoms with E-state index in [-0.39, 0.29) is 22.8 Å². The molecule has 1 saturated heterocycles. The molecule has 0 aromatic carbocycles. The van der Waals surface area contributed by atoms with Crippen LogP contribution in [0.25, 0.3) is 10.9 Å². The molecule has 3 rings (SSSR count). The van der Waals surface area contributed by atoms with E-state index in [2.05, 4.69) is 37.4 Å². The molecule has 194 valence electrons. The molecule has 2 aromatic heterocycles. The molecule has 3 heterocycles. The molecular formula is C24H34BrClFN5O2S. The number of thioether (sulfide) groups is 1. The predicted octanol–water partition coefficient (Wildman–Crippen LogP) is 7.11. The summed E-state index contributed by atoms with van der Waals surface area (Å²) in [5.41, 5.74) is -0.451. The molecule has 35 heavy (non-hydrogen) atoms. The number of amides is 1. The number of aromatic nitrogens is 3. The third-order valence-corrected chi connectivity index (χ3v) is 6.60. The van der Waals surface area contributed by atoms with Gasteiger partial charge in [-0.15, -0.1) is 6.58 Å². The minimum atomic E-state index is -0.675. The van der Waals surface area contributed by atoms with Gasteiger partial charge in [0, 0.05) is 25.7 Å². The SMILES string of the molecule is C=CCCC1CN(C(=O)OC(C)(C)C)CCN1c1nc(SCC)nc2c(F)c(Cl)nc(Br)c12.CC. The lowest BCUT2D eigenvalue weighted by Gasteiger charge is -2.42. The zero-order valence-electron chi connectivity index (χ0n) is 21.2. The number of piperazine rings is 1. The average Bonchev–Trinajstić information content (AvgIpc) is 2.81. The summed E-state index contributed by atoms with van der Waals surface area (Å²) >= 11 is 10.9. The van der Waals surface area contributed by atoms with Crippen LogP contribution in [0, 0.1) is 5.82 Å². The summed E-state index contributed by atoms with van der Waals surface area (Å²) in [5.74, 6) is 0.633. The number of carbonyl (C=O) groups excluding carboxylic acids is 1. The molecule has 0 aliphatic carbocycles. The van der Waals surface area contributed by atoms with E-state index in [0.29, 0.717) is 40.6 Å². The van der Waals surface area contributed by atoms with Crippen LogP contribution in [0.15, 0.2) is 22.4 Å². The topological polar surface area (TPSA) is 71.5 Å². The number of allylic oxidation sites excluding steroid dienone is 1. The standard InChI is InChI=1S/C22H28BrClFN5O2S.C2H6/c1-6-8-9-13-12-29(21(31)32-22(3,4)5)10-11-30(13)19-14-16(26-20(28-19)33-7-2)15(25)18(24)27-17(14)23;1-2/h6,13H,1,7-12H2,2-5H3;1-2H3. The van der Waals surface area contributed by atoms with Crippen LogP contribution in [0.2, 0.25) is 5.15 Å². The maximum atomic E-state index is 15.0. The summed E-state index contributed by atoms with van der Waals surface area (Å²) in [7, 11) is 0. The number of anilines is 1. The summed E-state index contributed by atoms with van der Waals surface area (Å²) in [6.45, 7) is 16.8. The van der Waals surface area contributed by atoms with Crippen LogP contribution in [0.4, 0.5) is 15.0 Å². The molecule has 0 N–H and O–H groups in total. The number of ether oxygens (including phenoxy) is 1. The van der Waals surface area contributed by atoms with E-state index in [1.807, 2.05) is 47.6 Å². The van der Waals surface area contributed by atoms with Crippen molar-refractivity contribution in [2.75, 3.05) is 30.3 Å². The molecule has 1 unspecified atom stereocenters.